The van der Waals surface area contributed by atoms with Gasteiger partial charge < -0.3 is 10.4 Å². The monoisotopic (exact) mass is 215 g/mol. The number of carboxylic acid groups (broad SMARTS) is 1. The Morgan fingerprint density at radius 2 is 1.93 bits per heavy atom. The molecule has 0 radical (unpaired) electrons. The van der Waals surface area contributed by atoms with Gasteiger partial charge in [-0.1, -0.05) is 39.0 Å². The van der Waals surface area contributed by atoms with E-state index in [2.05, 4.69) is 19.2 Å². The Kier molecular flexibility index (Phi) is 9.59. The Morgan fingerprint density at radius 3 is 2.53 bits per heavy atom. The van der Waals surface area contributed by atoms with E-state index in [0.717, 1.165) is 6.42 Å². The molecule has 3 heteroatoms. The molecule has 1 unspecified atom stereocenters. The van der Waals surface area contributed by atoms with Gasteiger partial charge in [-0.2, -0.15) is 0 Å². The normalized spacial score (nSPS) is 12.7. The SMILES string of the molecule is CCCCCCCC(C)NCCC(=O)O. The third kappa shape index (κ3) is 11.4. The van der Waals surface area contributed by atoms with E-state index < -0.39 is 5.97 Å². The molecule has 3 nitrogen and oxygen atoms in total. The van der Waals surface area contributed by atoms with Crippen molar-refractivity contribution in [3.63, 3.8) is 0 Å². The lowest BCUT2D eigenvalue weighted by Crippen LogP contribution is -2.28. The number of carboxylic acids is 1. The van der Waals surface area contributed by atoms with Crippen LogP contribution in [-0.2, 0) is 4.79 Å². The second kappa shape index (κ2) is 9.97. The zero-order valence-electron chi connectivity index (χ0n) is 10.1. The van der Waals surface area contributed by atoms with Crippen molar-refractivity contribution in [2.24, 2.45) is 0 Å². The smallest absolute Gasteiger partial charge is 0.304 e. The maximum Gasteiger partial charge on any atom is 0.304 e. The highest BCUT2D eigenvalue weighted by molar-refractivity contribution is 5.66. The highest BCUT2D eigenvalue weighted by Gasteiger charge is 2.02. The average Bonchev–Trinajstić information content (AvgIpc) is 2.17. The highest BCUT2D eigenvalue weighted by atomic mass is 16.4. The van der Waals surface area contributed by atoms with E-state index in [1.165, 1.54) is 32.1 Å². The lowest BCUT2D eigenvalue weighted by Gasteiger charge is -2.12. The van der Waals surface area contributed by atoms with Crippen LogP contribution in [0.4, 0.5) is 0 Å². The molecule has 0 aromatic heterocycles. The molecule has 15 heavy (non-hydrogen) atoms. The van der Waals surface area contributed by atoms with Crippen molar-refractivity contribution in [2.45, 2.75) is 64.8 Å². The van der Waals surface area contributed by atoms with Gasteiger partial charge in [-0.25, -0.2) is 0 Å². The number of hydrogen-bond donors (Lipinski definition) is 2. The summed E-state index contributed by atoms with van der Waals surface area (Å²) in [6, 6.07) is 0.450. The fourth-order valence-corrected chi connectivity index (χ4v) is 1.58. The first-order valence-corrected chi connectivity index (χ1v) is 6.12. The van der Waals surface area contributed by atoms with Crippen LogP contribution in [0.2, 0.25) is 0 Å². The number of unbranched alkanes of at least 4 members (excludes halogenated alkanes) is 4. The lowest BCUT2D eigenvalue weighted by molar-refractivity contribution is -0.136. The van der Waals surface area contributed by atoms with Crippen molar-refractivity contribution in [3.05, 3.63) is 0 Å². The van der Waals surface area contributed by atoms with Crippen molar-refractivity contribution < 1.29 is 9.90 Å². The van der Waals surface area contributed by atoms with Gasteiger partial charge in [0.05, 0.1) is 6.42 Å². The molecule has 0 spiro atoms. The number of hydrogen-bond acceptors (Lipinski definition) is 2. The summed E-state index contributed by atoms with van der Waals surface area (Å²) in [5.74, 6) is -0.724. The second-order valence-electron chi connectivity index (χ2n) is 4.20. The summed E-state index contributed by atoms with van der Waals surface area (Å²) < 4.78 is 0. The zero-order valence-corrected chi connectivity index (χ0v) is 10.1. The topological polar surface area (TPSA) is 49.3 Å². The van der Waals surface area contributed by atoms with E-state index in [1.807, 2.05) is 0 Å². The van der Waals surface area contributed by atoms with Gasteiger partial charge in [0.25, 0.3) is 0 Å². The van der Waals surface area contributed by atoms with Gasteiger partial charge in [0, 0.05) is 12.6 Å². The van der Waals surface area contributed by atoms with E-state index in [-0.39, 0.29) is 6.42 Å². The van der Waals surface area contributed by atoms with E-state index in [1.54, 1.807) is 0 Å². The summed E-state index contributed by atoms with van der Waals surface area (Å²) in [5, 5.41) is 11.7. The average molecular weight is 215 g/mol. The zero-order chi connectivity index (χ0) is 11.5. The molecule has 90 valence electrons. The Hall–Kier alpha value is -0.570. The van der Waals surface area contributed by atoms with E-state index in [0.29, 0.717) is 12.6 Å². The van der Waals surface area contributed by atoms with E-state index in [9.17, 15) is 4.79 Å². The molecule has 0 saturated carbocycles. The molecule has 0 saturated heterocycles. The summed E-state index contributed by atoms with van der Waals surface area (Å²) in [5.41, 5.74) is 0. The van der Waals surface area contributed by atoms with Gasteiger partial charge in [0.15, 0.2) is 0 Å². The molecule has 0 aliphatic rings. The van der Waals surface area contributed by atoms with Gasteiger partial charge in [0.2, 0.25) is 0 Å². The third-order valence-electron chi connectivity index (χ3n) is 2.57. The Morgan fingerprint density at radius 1 is 1.27 bits per heavy atom. The van der Waals surface area contributed by atoms with Crippen LogP contribution in [0.1, 0.15) is 58.8 Å². The molecule has 1 atom stereocenters. The van der Waals surface area contributed by atoms with Gasteiger partial charge in [0.1, 0.15) is 0 Å². The first kappa shape index (κ1) is 14.4. The lowest BCUT2D eigenvalue weighted by atomic mass is 10.1. The Balaban J connectivity index is 3.18. The molecule has 0 fully saturated rings. The van der Waals surface area contributed by atoms with Crippen LogP contribution < -0.4 is 5.32 Å². The number of nitrogens with one attached hydrogen (secondary N) is 1. The Bertz CT molecular complexity index is 160. The number of rotatable bonds is 10. The van der Waals surface area contributed by atoms with Crippen molar-refractivity contribution in [2.75, 3.05) is 6.54 Å². The largest absolute Gasteiger partial charge is 0.481 e. The minimum absolute atomic E-state index is 0.222. The molecule has 0 aliphatic heterocycles. The predicted octanol–water partition coefficient (Wildman–Crippen LogP) is 2.80. The van der Waals surface area contributed by atoms with Gasteiger partial charge >= 0.3 is 5.97 Å². The first-order valence-electron chi connectivity index (χ1n) is 6.12. The molecule has 0 aromatic carbocycles. The summed E-state index contributed by atoms with van der Waals surface area (Å²) in [6.45, 7) is 4.93. The highest BCUT2D eigenvalue weighted by Crippen LogP contribution is 2.06. The summed E-state index contributed by atoms with van der Waals surface area (Å²) in [7, 11) is 0. The van der Waals surface area contributed by atoms with Crippen LogP contribution >= 0.6 is 0 Å². The summed E-state index contributed by atoms with van der Waals surface area (Å²) >= 11 is 0. The molecular weight excluding hydrogens is 190 g/mol. The summed E-state index contributed by atoms with van der Waals surface area (Å²) in [4.78, 5) is 10.3. The van der Waals surface area contributed by atoms with Crippen LogP contribution in [0, 0.1) is 0 Å². The fraction of sp³-hybridized carbons (Fsp3) is 0.917. The number of aliphatic carboxylic acids is 1. The van der Waals surface area contributed by atoms with Crippen molar-refractivity contribution in [1.29, 1.82) is 0 Å². The summed E-state index contributed by atoms with van der Waals surface area (Å²) in [6.07, 6.45) is 7.88. The third-order valence-corrected chi connectivity index (χ3v) is 2.57. The molecule has 0 bridgehead atoms. The van der Waals surface area contributed by atoms with Crippen molar-refractivity contribution in [3.8, 4) is 0 Å². The van der Waals surface area contributed by atoms with Gasteiger partial charge in [-0.05, 0) is 13.3 Å². The van der Waals surface area contributed by atoms with Gasteiger partial charge in [-0.15, -0.1) is 0 Å². The molecule has 2 N–H and O–H groups in total. The molecule has 0 amide bonds. The standard InChI is InChI=1S/C12H25NO2/c1-3-4-5-6-7-8-11(2)13-10-9-12(14)15/h11,13H,3-10H2,1-2H3,(H,14,15). The molecule has 0 aromatic rings. The second-order valence-corrected chi connectivity index (χ2v) is 4.20. The van der Waals surface area contributed by atoms with Crippen molar-refractivity contribution >= 4 is 5.97 Å². The Labute approximate surface area is 93.3 Å². The van der Waals surface area contributed by atoms with Crippen LogP contribution in [0.3, 0.4) is 0 Å². The minimum Gasteiger partial charge on any atom is -0.481 e. The van der Waals surface area contributed by atoms with Crippen LogP contribution in [-0.4, -0.2) is 23.7 Å². The van der Waals surface area contributed by atoms with E-state index >= 15 is 0 Å². The maximum absolute atomic E-state index is 10.3. The van der Waals surface area contributed by atoms with Gasteiger partial charge in [-0.3, -0.25) is 4.79 Å². The molecular formula is C12H25NO2. The van der Waals surface area contributed by atoms with Crippen molar-refractivity contribution in [1.82, 2.24) is 5.32 Å². The maximum atomic E-state index is 10.3. The first-order chi connectivity index (χ1) is 7.16. The quantitative estimate of drug-likeness (QED) is 0.551. The van der Waals surface area contributed by atoms with Crippen LogP contribution in [0.5, 0.6) is 0 Å². The van der Waals surface area contributed by atoms with Crippen LogP contribution in [0.25, 0.3) is 0 Å². The molecule has 0 heterocycles. The molecule has 0 aliphatic carbocycles. The van der Waals surface area contributed by atoms with E-state index in [4.69, 9.17) is 5.11 Å². The number of carbonyl (C=O) groups is 1. The van der Waals surface area contributed by atoms with Crippen LogP contribution in [0.15, 0.2) is 0 Å². The minimum atomic E-state index is -0.724. The predicted molar refractivity (Wildman–Crippen MR) is 63.1 cm³/mol. The fourth-order valence-electron chi connectivity index (χ4n) is 1.58. The molecule has 0 rings (SSSR count).